The van der Waals surface area contributed by atoms with Gasteiger partial charge in [0.25, 0.3) is 5.91 Å². The van der Waals surface area contributed by atoms with Crippen LogP contribution in [-0.2, 0) is 28.7 Å². The average Bonchev–Trinajstić information content (AvgIpc) is 3.82. The van der Waals surface area contributed by atoms with E-state index in [0.717, 1.165) is 63.0 Å². The molecule has 7 nitrogen and oxygen atoms in total. The number of aromatic carboxylic acids is 1. The summed E-state index contributed by atoms with van der Waals surface area (Å²) in [5, 5.41) is 9.26. The minimum Gasteiger partial charge on any atom is -0.478 e. The minimum atomic E-state index is -4.49. The van der Waals surface area contributed by atoms with E-state index in [1.165, 1.54) is 12.1 Å². The molecule has 2 aromatic rings. The Morgan fingerprint density at radius 3 is 2.44 bits per heavy atom. The average molecular weight is 576 g/mol. The number of carbonyl (C=O) groups is 2. The van der Waals surface area contributed by atoms with Crippen LogP contribution in [-0.4, -0.2) is 69.7 Å². The fourth-order valence-electron chi connectivity index (χ4n) is 6.87. The number of amides is 1. The summed E-state index contributed by atoms with van der Waals surface area (Å²) in [6, 6.07) is 5.60. The normalized spacial score (nSPS) is 26.0. The number of hydrogen-bond donors (Lipinski definition) is 1. The molecular formula is C30H33F4N3O4. The highest BCUT2D eigenvalue weighted by molar-refractivity contribution is 5.88. The van der Waals surface area contributed by atoms with Gasteiger partial charge in [-0.2, -0.15) is 13.2 Å². The number of rotatable bonds is 5. The van der Waals surface area contributed by atoms with Gasteiger partial charge < -0.3 is 14.7 Å². The van der Waals surface area contributed by atoms with Crippen LogP contribution >= 0.6 is 0 Å². The SMILES string of the molecule is O=C(O)c1cc(C2CCN([C@@H]3CC[C@@](C(=O)N4CCc5ncc(C(F)(F)F)cc5C4)(C4CC4)OC3)CC2)ccc1F. The molecule has 1 aromatic heterocycles. The standard InChI is InChI=1S/C30H33F4N3O4/c31-25-4-1-19(14-24(25)27(38)39)18-6-10-36(11-7-18)23-5-9-29(41-17-23,21-2-3-21)28(40)37-12-8-26-20(16-37)13-22(15-35-26)30(32,33)34/h1,4,13-15,18,21,23H,2-3,5-12,16-17H2,(H,38,39)/t23-,29+/m1/s1. The van der Waals surface area contributed by atoms with Crippen molar-refractivity contribution in [2.75, 3.05) is 26.2 Å². The Bertz CT molecular complexity index is 1330. The van der Waals surface area contributed by atoms with Crippen LogP contribution in [0.1, 0.15) is 77.2 Å². The van der Waals surface area contributed by atoms with Gasteiger partial charge in [-0.3, -0.25) is 14.7 Å². The fraction of sp³-hybridized carbons (Fsp3) is 0.567. The molecule has 3 fully saturated rings. The van der Waals surface area contributed by atoms with Crippen molar-refractivity contribution in [2.45, 2.75) is 75.2 Å². The van der Waals surface area contributed by atoms with Crippen LogP contribution in [0.2, 0.25) is 0 Å². The molecule has 1 saturated carbocycles. The second-order valence-corrected chi connectivity index (χ2v) is 11.8. The van der Waals surface area contributed by atoms with Crippen LogP contribution in [0.15, 0.2) is 30.5 Å². The molecule has 2 saturated heterocycles. The quantitative estimate of drug-likeness (QED) is 0.504. The lowest BCUT2D eigenvalue weighted by atomic mass is 9.83. The topological polar surface area (TPSA) is 83.0 Å². The Morgan fingerprint density at radius 1 is 1.05 bits per heavy atom. The maximum absolute atomic E-state index is 13.9. The zero-order valence-electron chi connectivity index (χ0n) is 22.6. The third kappa shape index (κ3) is 5.46. The third-order valence-electron chi connectivity index (χ3n) is 9.37. The molecule has 0 unspecified atom stereocenters. The van der Waals surface area contributed by atoms with Crippen molar-refractivity contribution in [3.05, 3.63) is 64.2 Å². The number of ether oxygens (including phenoxy) is 1. The summed E-state index contributed by atoms with van der Waals surface area (Å²) < 4.78 is 60.1. The van der Waals surface area contributed by atoms with Gasteiger partial charge in [0, 0.05) is 37.4 Å². The molecule has 2 atom stereocenters. The Morgan fingerprint density at radius 2 is 1.80 bits per heavy atom. The van der Waals surface area contributed by atoms with E-state index < -0.39 is 29.1 Å². The molecule has 41 heavy (non-hydrogen) atoms. The lowest BCUT2D eigenvalue weighted by Gasteiger charge is -2.46. The monoisotopic (exact) mass is 575 g/mol. The zero-order valence-corrected chi connectivity index (χ0v) is 22.6. The van der Waals surface area contributed by atoms with E-state index in [-0.39, 0.29) is 35.9 Å². The maximum Gasteiger partial charge on any atom is 0.417 e. The number of carboxylic acids is 1. The smallest absolute Gasteiger partial charge is 0.417 e. The lowest BCUT2D eigenvalue weighted by molar-refractivity contribution is -0.177. The van der Waals surface area contributed by atoms with E-state index in [1.807, 2.05) is 0 Å². The molecule has 11 heteroatoms. The van der Waals surface area contributed by atoms with E-state index >= 15 is 0 Å². The Hall–Kier alpha value is -3.05. The number of fused-ring (bicyclic) bond motifs is 1. The first kappa shape index (κ1) is 28.1. The molecule has 0 radical (unpaired) electrons. The first-order chi connectivity index (χ1) is 19.5. The van der Waals surface area contributed by atoms with E-state index in [0.29, 0.717) is 37.3 Å². The molecule has 3 aliphatic heterocycles. The van der Waals surface area contributed by atoms with Gasteiger partial charge in [-0.15, -0.1) is 0 Å². The van der Waals surface area contributed by atoms with Crippen LogP contribution in [0.4, 0.5) is 17.6 Å². The molecular weight excluding hydrogens is 542 g/mol. The molecule has 4 heterocycles. The number of nitrogens with zero attached hydrogens (tertiary/aromatic N) is 3. The molecule has 0 spiro atoms. The number of carboxylic acid groups (broad SMARTS) is 1. The van der Waals surface area contributed by atoms with Crippen LogP contribution in [0.25, 0.3) is 0 Å². The van der Waals surface area contributed by atoms with Crippen LogP contribution in [0.5, 0.6) is 0 Å². The van der Waals surface area contributed by atoms with E-state index in [2.05, 4.69) is 9.88 Å². The van der Waals surface area contributed by atoms with E-state index in [9.17, 15) is 32.3 Å². The third-order valence-corrected chi connectivity index (χ3v) is 9.37. The minimum absolute atomic E-state index is 0.104. The first-order valence-electron chi connectivity index (χ1n) is 14.3. The number of pyridine rings is 1. The van der Waals surface area contributed by atoms with Gasteiger partial charge in [-0.1, -0.05) is 6.07 Å². The van der Waals surface area contributed by atoms with Gasteiger partial charge in [0.15, 0.2) is 0 Å². The summed E-state index contributed by atoms with van der Waals surface area (Å²) in [4.78, 5) is 33.3. The Kier molecular flexibility index (Phi) is 7.30. The number of alkyl halides is 3. The predicted octanol–water partition coefficient (Wildman–Crippen LogP) is 5.03. The Balaban J connectivity index is 1.08. The largest absolute Gasteiger partial charge is 0.478 e. The number of halogens is 4. The van der Waals surface area contributed by atoms with Gasteiger partial charge in [-0.25, -0.2) is 9.18 Å². The molecule has 1 aromatic carbocycles. The van der Waals surface area contributed by atoms with Gasteiger partial charge >= 0.3 is 12.1 Å². The Labute approximate surface area is 235 Å². The highest BCUT2D eigenvalue weighted by Gasteiger charge is 2.56. The van der Waals surface area contributed by atoms with Crippen LogP contribution in [0, 0.1) is 11.7 Å². The summed E-state index contributed by atoms with van der Waals surface area (Å²) in [6.45, 7) is 2.51. The first-order valence-corrected chi connectivity index (χ1v) is 14.3. The van der Waals surface area contributed by atoms with Crippen molar-refractivity contribution in [3.8, 4) is 0 Å². The second-order valence-electron chi connectivity index (χ2n) is 11.8. The number of aromatic nitrogens is 1. The summed E-state index contributed by atoms with van der Waals surface area (Å²) in [7, 11) is 0. The van der Waals surface area contributed by atoms with Crippen molar-refractivity contribution in [2.24, 2.45) is 5.92 Å². The predicted molar refractivity (Wildman–Crippen MR) is 140 cm³/mol. The van der Waals surface area contributed by atoms with Gasteiger partial charge in [0.1, 0.15) is 11.4 Å². The molecule has 220 valence electrons. The van der Waals surface area contributed by atoms with Crippen molar-refractivity contribution < 1.29 is 37.0 Å². The summed E-state index contributed by atoms with van der Waals surface area (Å²) in [6.07, 6.45) is 1.59. The number of likely N-dealkylation sites (tertiary alicyclic amines) is 1. The van der Waals surface area contributed by atoms with Crippen molar-refractivity contribution in [3.63, 3.8) is 0 Å². The number of hydrogen-bond acceptors (Lipinski definition) is 5. The fourth-order valence-corrected chi connectivity index (χ4v) is 6.87. The highest BCUT2D eigenvalue weighted by atomic mass is 19.4. The number of carbonyl (C=O) groups excluding carboxylic acids is 1. The van der Waals surface area contributed by atoms with Crippen LogP contribution in [0.3, 0.4) is 0 Å². The second kappa shape index (κ2) is 10.7. The lowest BCUT2D eigenvalue weighted by Crippen LogP contribution is -2.58. The highest BCUT2D eigenvalue weighted by Crippen LogP contribution is 2.48. The molecule has 1 N–H and O–H groups in total. The van der Waals surface area contributed by atoms with Crippen molar-refractivity contribution in [1.29, 1.82) is 0 Å². The molecule has 1 amide bonds. The molecule has 4 aliphatic rings. The van der Waals surface area contributed by atoms with E-state index in [4.69, 9.17) is 4.74 Å². The van der Waals surface area contributed by atoms with Crippen LogP contribution < -0.4 is 0 Å². The number of benzene rings is 1. The molecule has 0 bridgehead atoms. The summed E-state index contributed by atoms with van der Waals surface area (Å²) in [5.74, 6) is -1.85. The van der Waals surface area contributed by atoms with Gasteiger partial charge in [0.05, 0.1) is 17.7 Å². The molecule has 6 rings (SSSR count). The van der Waals surface area contributed by atoms with Crippen molar-refractivity contribution in [1.82, 2.24) is 14.8 Å². The van der Waals surface area contributed by atoms with Gasteiger partial charge in [-0.05, 0) is 92.8 Å². The summed E-state index contributed by atoms with van der Waals surface area (Å²) in [5.41, 5.74) is -0.148. The van der Waals surface area contributed by atoms with Gasteiger partial charge in [0.2, 0.25) is 0 Å². The zero-order chi connectivity index (χ0) is 28.9. The van der Waals surface area contributed by atoms with E-state index in [1.54, 1.807) is 11.0 Å². The maximum atomic E-state index is 13.9. The van der Waals surface area contributed by atoms with Crippen molar-refractivity contribution >= 4 is 11.9 Å². The number of piperidine rings is 1. The molecule has 1 aliphatic carbocycles. The summed E-state index contributed by atoms with van der Waals surface area (Å²) >= 11 is 0.